The molecule has 2 N–H and O–H groups in total. The van der Waals surface area contributed by atoms with Crippen LogP contribution in [0.1, 0.15) is 40.3 Å². The molecule has 3 aliphatic rings. The van der Waals surface area contributed by atoms with Crippen molar-refractivity contribution in [2.75, 3.05) is 69.1 Å². The summed E-state index contributed by atoms with van der Waals surface area (Å²) in [6.45, 7) is 21.9. The Morgan fingerprint density at radius 1 is 1.00 bits per heavy atom. The molecule has 3 aliphatic heterocycles. The number of hydrogen-bond donors (Lipinski definition) is 2. The lowest BCUT2D eigenvalue weighted by atomic mass is 9.96. The van der Waals surface area contributed by atoms with Crippen LogP contribution in [0.5, 0.6) is 0 Å². The van der Waals surface area contributed by atoms with E-state index in [1.165, 1.54) is 16.6 Å². The first-order chi connectivity index (χ1) is 24.8. The Morgan fingerprint density at radius 2 is 1.71 bits per heavy atom. The number of pyridine rings is 1. The van der Waals surface area contributed by atoms with Crippen LogP contribution in [0, 0.1) is 5.92 Å². The summed E-state index contributed by atoms with van der Waals surface area (Å²) in [4.78, 5) is 48.8. The van der Waals surface area contributed by atoms with Crippen molar-refractivity contribution >= 4 is 34.4 Å². The van der Waals surface area contributed by atoms with Gasteiger partial charge >= 0.3 is 6.09 Å². The molecular weight excluding hydrogens is 660 g/mol. The van der Waals surface area contributed by atoms with Gasteiger partial charge in [-0.3, -0.25) is 14.6 Å². The number of amides is 1. The average Bonchev–Trinajstić information content (AvgIpc) is 3.33. The van der Waals surface area contributed by atoms with Crippen molar-refractivity contribution in [3.8, 4) is 5.82 Å². The maximum Gasteiger partial charge on any atom is 0.410 e. The van der Waals surface area contributed by atoms with Crippen molar-refractivity contribution < 1.29 is 14.6 Å². The molecule has 14 heteroatoms. The summed E-state index contributed by atoms with van der Waals surface area (Å²) in [5, 5.41) is 14.2. The van der Waals surface area contributed by atoms with Gasteiger partial charge < -0.3 is 25.0 Å². The van der Waals surface area contributed by atoms with Crippen LogP contribution in [-0.4, -0.2) is 121 Å². The van der Waals surface area contributed by atoms with Crippen LogP contribution in [0.25, 0.3) is 16.9 Å². The van der Waals surface area contributed by atoms with Crippen LogP contribution in [0.15, 0.2) is 66.1 Å². The lowest BCUT2D eigenvalue weighted by Crippen LogP contribution is -2.65. The van der Waals surface area contributed by atoms with Crippen LogP contribution in [0.2, 0.25) is 0 Å². The number of aliphatic hydroxyl groups is 1. The number of nitrogens with zero attached hydrogens (tertiary/aromatic N) is 9. The van der Waals surface area contributed by atoms with E-state index < -0.39 is 11.2 Å². The Balaban J connectivity index is 0.931. The molecule has 0 spiro atoms. The highest BCUT2D eigenvalue weighted by molar-refractivity contribution is 5.77. The molecule has 4 aromatic rings. The summed E-state index contributed by atoms with van der Waals surface area (Å²) < 4.78 is 8.65. The molecule has 0 bridgehead atoms. The van der Waals surface area contributed by atoms with Crippen LogP contribution >= 0.6 is 0 Å². The molecule has 276 valence electrons. The molecule has 3 aromatic heterocycles. The van der Waals surface area contributed by atoms with Crippen molar-refractivity contribution in [1.82, 2.24) is 39.0 Å². The normalized spacial score (nSPS) is 18.0. The minimum absolute atomic E-state index is 0.200. The molecule has 6 heterocycles. The van der Waals surface area contributed by atoms with Gasteiger partial charge in [0.25, 0.3) is 5.56 Å². The topological polar surface area (TPSA) is 137 Å². The van der Waals surface area contributed by atoms with E-state index in [4.69, 9.17) is 9.72 Å². The second kappa shape index (κ2) is 14.0. The zero-order chi connectivity index (χ0) is 36.8. The second-order valence-corrected chi connectivity index (χ2v) is 15.7. The maximum absolute atomic E-state index is 13.3. The Morgan fingerprint density at radius 3 is 2.37 bits per heavy atom. The first-order valence-electron chi connectivity index (χ1n) is 18.1. The lowest BCUT2D eigenvalue weighted by molar-refractivity contribution is -0.0246. The van der Waals surface area contributed by atoms with Gasteiger partial charge in [0.2, 0.25) is 5.95 Å². The summed E-state index contributed by atoms with van der Waals surface area (Å²) in [5.41, 5.74) is 1.02. The van der Waals surface area contributed by atoms with E-state index in [2.05, 4.69) is 48.7 Å². The minimum atomic E-state index is -1.16. The van der Waals surface area contributed by atoms with Crippen molar-refractivity contribution in [2.45, 2.75) is 58.4 Å². The summed E-state index contributed by atoms with van der Waals surface area (Å²) in [7, 11) is 0. The van der Waals surface area contributed by atoms with Gasteiger partial charge in [-0.15, -0.1) is 6.58 Å². The fourth-order valence-electron chi connectivity index (χ4n) is 7.17. The molecule has 52 heavy (non-hydrogen) atoms. The molecule has 7 rings (SSSR count). The molecule has 1 amide bonds. The average molecular weight is 711 g/mol. The Labute approximate surface area is 304 Å². The van der Waals surface area contributed by atoms with Crippen molar-refractivity contribution in [2.24, 2.45) is 5.92 Å². The lowest BCUT2D eigenvalue weighted by Gasteiger charge is -2.51. The number of nitrogens with one attached hydrogen (secondary N) is 1. The highest BCUT2D eigenvalue weighted by atomic mass is 16.6. The Hall–Kier alpha value is -4.79. The van der Waals surface area contributed by atoms with Gasteiger partial charge in [-0.2, -0.15) is 4.98 Å². The Kier molecular flexibility index (Phi) is 9.57. The number of anilines is 3. The number of likely N-dealkylation sites (tertiary alicyclic amines) is 2. The molecule has 0 saturated carbocycles. The van der Waals surface area contributed by atoms with Gasteiger partial charge in [0, 0.05) is 88.4 Å². The standard InChI is InChI=1S/C38H50N10O4/c1-7-15-47-34(49)30-20-39-35(42-33(30)48(47)32-10-8-9-31(41-32)38(5,6)51)40-27-11-13-28(14-12-27)44-16-18-45(19-17-44)29-24-43(25-29)21-26-22-46(23-26)36(50)52-37(2,3)4/h7-14,20,26,29,51H,1,15-19,21-25H2,2-6H3,(H,39,40,42). The molecule has 14 nitrogen and oxygen atoms in total. The number of piperazine rings is 1. The van der Waals surface area contributed by atoms with Crippen molar-refractivity contribution in [1.29, 1.82) is 0 Å². The van der Waals surface area contributed by atoms with Crippen molar-refractivity contribution in [3.63, 3.8) is 0 Å². The molecular formula is C38H50N10O4. The van der Waals surface area contributed by atoms with Crippen LogP contribution in [-0.2, 0) is 16.9 Å². The minimum Gasteiger partial charge on any atom is -0.444 e. The zero-order valence-corrected chi connectivity index (χ0v) is 30.8. The number of ether oxygens (including phenoxy) is 1. The van der Waals surface area contributed by atoms with Crippen LogP contribution < -0.4 is 15.8 Å². The molecule has 3 fully saturated rings. The van der Waals surface area contributed by atoms with Crippen molar-refractivity contribution in [3.05, 3.63) is 77.4 Å². The van der Waals surface area contributed by atoms with E-state index in [-0.39, 0.29) is 18.2 Å². The van der Waals surface area contributed by atoms with Crippen LogP contribution in [0.3, 0.4) is 0 Å². The summed E-state index contributed by atoms with van der Waals surface area (Å²) in [6.07, 6.45) is 2.98. The number of carbonyl (C=O) groups excluding carboxylic acids is 1. The van der Waals surface area contributed by atoms with Gasteiger partial charge in [0.15, 0.2) is 11.5 Å². The van der Waals surface area contributed by atoms with E-state index in [0.717, 1.165) is 64.6 Å². The first-order valence-corrected chi connectivity index (χ1v) is 18.1. The van der Waals surface area contributed by atoms with Gasteiger partial charge in [0.1, 0.15) is 16.6 Å². The second-order valence-electron chi connectivity index (χ2n) is 15.7. The SMILES string of the molecule is C=CCn1c(=O)c2cnc(Nc3ccc(N4CCN(C5CN(CC6CN(C(=O)OC(C)(C)C)C6)C5)CC4)cc3)nc2n1-c1cccc(C(C)(C)O)n1. The number of aromatic nitrogens is 5. The summed E-state index contributed by atoms with van der Waals surface area (Å²) >= 11 is 0. The molecule has 0 atom stereocenters. The number of benzene rings is 1. The number of carbonyl (C=O) groups is 1. The Bertz CT molecular complexity index is 1970. The predicted octanol–water partition coefficient (Wildman–Crippen LogP) is 3.81. The number of fused-ring (bicyclic) bond motifs is 1. The molecule has 3 saturated heterocycles. The first kappa shape index (κ1) is 35.6. The van der Waals surface area contributed by atoms with Gasteiger partial charge in [-0.25, -0.2) is 24.1 Å². The number of rotatable bonds is 10. The van der Waals surface area contributed by atoms with E-state index >= 15 is 0 Å². The highest BCUT2D eigenvalue weighted by Gasteiger charge is 2.39. The molecule has 0 unspecified atom stereocenters. The van der Waals surface area contributed by atoms with E-state index in [9.17, 15) is 14.7 Å². The van der Waals surface area contributed by atoms with E-state index in [1.54, 1.807) is 42.8 Å². The summed E-state index contributed by atoms with van der Waals surface area (Å²) in [6, 6.07) is 14.2. The summed E-state index contributed by atoms with van der Waals surface area (Å²) in [5.74, 6) is 1.34. The molecule has 0 aliphatic carbocycles. The third-order valence-corrected chi connectivity index (χ3v) is 9.94. The van der Waals surface area contributed by atoms with E-state index in [0.29, 0.717) is 40.5 Å². The quantitative estimate of drug-likeness (QED) is 0.233. The van der Waals surface area contributed by atoms with E-state index in [1.807, 2.05) is 37.8 Å². The van der Waals surface area contributed by atoms with Gasteiger partial charge in [0.05, 0.1) is 12.2 Å². The number of allylic oxidation sites excluding steroid dienone is 1. The molecule has 0 radical (unpaired) electrons. The fourth-order valence-corrected chi connectivity index (χ4v) is 7.17. The monoisotopic (exact) mass is 710 g/mol. The molecule has 1 aromatic carbocycles. The smallest absolute Gasteiger partial charge is 0.410 e. The zero-order valence-electron chi connectivity index (χ0n) is 30.8. The maximum atomic E-state index is 13.3. The third kappa shape index (κ3) is 7.55. The third-order valence-electron chi connectivity index (χ3n) is 9.94. The van der Waals surface area contributed by atoms with Crippen LogP contribution in [0.4, 0.5) is 22.1 Å². The predicted molar refractivity (Wildman–Crippen MR) is 201 cm³/mol. The largest absolute Gasteiger partial charge is 0.444 e. The number of hydrogen-bond acceptors (Lipinski definition) is 11. The fraction of sp³-hybridized carbons (Fsp3) is 0.500. The van der Waals surface area contributed by atoms with Gasteiger partial charge in [-0.05, 0) is 71.0 Å². The highest BCUT2D eigenvalue weighted by Crippen LogP contribution is 2.27. The van der Waals surface area contributed by atoms with Gasteiger partial charge in [-0.1, -0.05) is 12.1 Å².